The predicted molar refractivity (Wildman–Crippen MR) is 67.4 cm³/mol. The van der Waals surface area contributed by atoms with Crippen LogP contribution in [0, 0.1) is 17.0 Å². The lowest BCUT2D eigenvalue weighted by Crippen LogP contribution is -2.22. The van der Waals surface area contributed by atoms with E-state index in [2.05, 4.69) is 0 Å². The Morgan fingerprint density at radius 2 is 2.18 bits per heavy atom. The number of aliphatic hydroxyl groups excluding tert-OH is 1. The minimum atomic E-state index is -0.402. The van der Waals surface area contributed by atoms with Crippen molar-refractivity contribution >= 4 is 11.4 Å². The molecule has 0 heterocycles. The molecule has 1 atom stereocenters. The molecule has 5 nitrogen and oxygen atoms in total. The topological polar surface area (TPSA) is 66.6 Å². The number of benzene rings is 1. The number of rotatable bonds is 5. The summed E-state index contributed by atoms with van der Waals surface area (Å²) in [5.41, 5.74) is 1.38. The van der Waals surface area contributed by atoms with Crippen LogP contribution in [0.2, 0.25) is 0 Å². The molecule has 0 radical (unpaired) electrons. The van der Waals surface area contributed by atoms with Gasteiger partial charge in [0, 0.05) is 19.2 Å². The smallest absolute Gasteiger partial charge is 0.295 e. The largest absolute Gasteiger partial charge is 0.393 e. The lowest BCUT2D eigenvalue weighted by molar-refractivity contribution is -0.384. The minimum absolute atomic E-state index is 0.139. The Balaban J connectivity index is 2.96. The zero-order valence-corrected chi connectivity index (χ0v) is 10.4. The van der Waals surface area contributed by atoms with Gasteiger partial charge in [0.15, 0.2) is 0 Å². The average molecular weight is 238 g/mol. The first-order chi connectivity index (χ1) is 7.93. The first kappa shape index (κ1) is 13.4. The number of nitro groups is 1. The van der Waals surface area contributed by atoms with Crippen molar-refractivity contribution < 1.29 is 10.0 Å². The number of nitro benzene ring substituents is 1. The third-order valence-electron chi connectivity index (χ3n) is 2.69. The molecule has 1 aromatic carbocycles. The highest BCUT2D eigenvalue weighted by atomic mass is 16.6. The molecular formula is C12H18N2O3. The molecule has 0 aliphatic heterocycles. The highest BCUT2D eigenvalue weighted by Gasteiger charge is 2.19. The Bertz CT molecular complexity index is 405. The number of hydrogen-bond acceptors (Lipinski definition) is 4. The van der Waals surface area contributed by atoms with E-state index in [-0.39, 0.29) is 10.6 Å². The van der Waals surface area contributed by atoms with E-state index in [1.807, 2.05) is 0 Å². The van der Waals surface area contributed by atoms with Crippen LogP contribution >= 0.6 is 0 Å². The van der Waals surface area contributed by atoms with E-state index in [1.165, 1.54) is 0 Å². The molecular weight excluding hydrogens is 220 g/mol. The second-order valence-corrected chi connectivity index (χ2v) is 4.26. The van der Waals surface area contributed by atoms with Gasteiger partial charge in [0.2, 0.25) is 0 Å². The van der Waals surface area contributed by atoms with E-state index < -0.39 is 6.10 Å². The molecule has 94 valence electrons. The Kier molecular flexibility index (Phi) is 4.45. The van der Waals surface area contributed by atoms with Crippen molar-refractivity contribution in [3.63, 3.8) is 0 Å². The molecule has 0 bridgehead atoms. The van der Waals surface area contributed by atoms with Crippen molar-refractivity contribution in [3.05, 3.63) is 33.9 Å². The lowest BCUT2D eigenvalue weighted by Gasteiger charge is -2.20. The van der Waals surface area contributed by atoms with Gasteiger partial charge >= 0.3 is 0 Å². The van der Waals surface area contributed by atoms with Gasteiger partial charge in [-0.25, -0.2) is 0 Å². The summed E-state index contributed by atoms with van der Waals surface area (Å²) in [5.74, 6) is 0. The molecule has 0 saturated heterocycles. The number of anilines is 1. The van der Waals surface area contributed by atoms with E-state index >= 15 is 0 Å². The molecule has 5 heteroatoms. The fourth-order valence-corrected chi connectivity index (χ4v) is 1.69. The van der Waals surface area contributed by atoms with Crippen LogP contribution in [0.5, 0.6) is 0 Å². The van der Waals surface area contributed by atoms with Crippen molar-refractivity contribution in [3.8, 4) is 0 Å². The lowest BCUT2D eigenvalue weighted by atomic mass is 10.1. The maximum atomic E-state index is 11.0. The summed E-state index contributed by atoms with van der Waals surface area (Å²) in [4.78, 5) is 12.5. The molecule has 0 fully saturated rings. The van der Waals surface area contributed by atoms with Crippen molar-refractivity contribution in [1.82, 2.24) is 0 Å². The van der Waals surface area contributed by atoms with Crippen LogP contribution in [-0.4, -0.2) is 29.7 Å². The molecule has 0 aliphatic carbocycles. The van der Waals surface area contributed by atoms with Gasteiger partial charge in [0.25, 0.3) is 5.69 Å². The average Bonchev–Trinajstić information content (AvgIpc) is 2.24. The van der Waals surface area contributed by atoms with Crippen LogP contribution in [0.1, 0.15) is 18.9 Å². The number of aliphatic hydroxyl groups is 1. The summed E-state index contributed by atoms with van der Waals surface area (Å²) in [6.45, 7) is 4.02. The van der Waals surface area contributed by atoms with Gasteiger partial charge in [-0.05, 0) is 26.3 Å². The molecule has 1 rings (SSSR count). The fourth-order valence-electron chi connectivity index (χ4n) is 1.69. The van der Waals surface area contributed by atoms with E-state index in [4.69, 9.17) is 0 Å². The quantitative estimate of drug-likeness (QED) is 0.630. The van der Waals surface area contributed by atoms with Crippen molar-refractivity contribution in [1.29, 1.82) is 0 Å². The Labute approximate surface area is 101 Å². The van der Waals surface area contributed by atoms with E-state index in [9.17, 15) is 15.2 Å². The SMILES string of the molecule is Cc1cccc(N(C)CCC(C)O)c1[N+](=O)[O-]. The second-order valence-electron chi connectivity index (χ2n) is 4.26. The van der Waals surface area contributed by atoms with Gasteiger partial charge < -0.3 is 10.0 Å². The van der Waals surface area contributed by atoms with Crippen LogP contribution < -0.4 is 4.90 Å². The summed E-state index contributed by atoms with van der Waals surface area (Å²) < 4.78 is 0. The molecule has 0 amide bonds. The molecule has 17 heavy (non-hydrogen) atoms. The molecule has 1 aromatic rings. The highest BCUT2D eigenvalue weighted by molar-refractivity contribution is 5.66. The standard InChI is InChI=1S/C12H18N2O3/c1-9-5-4-6-11(12(9)14(16)17)13(3)8-7-10(2)15/h4-6,10,15H,7-8H2,1-3H3. The first-order valence-electron chi connectivity index (χ1n) is 5.56. The van der Waals surface area contributed by atoms with Crippen molar-refractivity contribution in [2.24, 2.45) is 0 Å². The number of hydrogen-bond donors (Lipinski definition) is 1. The maximum Gasteiger partial charge on any atom is 0.295 e. The predicted octanol–water partition coefficient (Wildman–Crippen LogP) is 2.11. The van der Waals surface area contributed by atoms with Crippen LogP contribution in [0.4, 0.5) is 11.4 Å². The van der Waals surface area contributed by atoms with E-state index in [0.29, 0.717) is 24.2 Å². The van der Waals surface area contributed by atoms with Crippen LogP contribution in [0.3, 0.4) is 0 Å². The molecule has 1 unspecified atom stereocenters. The van der Waals surface area contributed by atoms with Gasteiger partial charge in [-0.1, -0.05) is 12.1 Å². The fraction of sp³-hybridized carbons (Fsp3) is 0.500. The van der Waals surface area contributed by atoms with Gasteiger partial charge in [0.1, 0.15) is 5.69 Å². The Morgan fingerprint density at radius 1 is 1.53 bits per heavy atom. The van der Waals surface area contributed by atoms with Crippen molar-refractivity contribution in [2.45, 2.75) is 26.4 Å². The summed E-state index contributed by atoms with van der Waals surface area (Å²) in [5, 5.41) is 20.2. The third kappa shape index (κ3) is 3.42. The normalized spacial score (nSPS) is 12.2. The van der Waals surface area contributed by atoms with Crippen LogP contribution in [-0.2, 0) is 0 Å². The second kappa shape index (κ2) is 5.63. The van der Waals surface area contributed by atoms with Gasteiger partial charge in [0.05, 0.1) is 11.0 Å². The third-order valence-corrected chi connectivity index (χ3v) is 2.69. The molecule has 0 aromatic heterocycles. The molecule has 0 saturated carbocycles. The van der Waals surface area contributed by atoms with Gasteiger partial charge in [-0.15, -0.1) is 0 Å². The zero-order chi connectivity index (χ0) is 13.0. The summed E-state index contributed by atoms with van der Waals surface area (Å²) >= 11 is 0. The van der Waals surface area contributed by atoms with E-state index in [0.717, 1.165) is 0 Å². The Hall–Kier alpha value is -1.62. The van der Waals surface area contributed by atoms with E-state index in [1.54, 1.807) is 44.0 Å². The molecule has 0 aliphatic rings. The zero-order valence-electron chi connectivity index (χ0n) is 10.4. The summed E-state index contributed by atoms with van der Waals surface area (Å²) in [6, 6.07) is 5.26. The monoisotopic (exact) mass is 238 g/mol. The van der Waals surface area contributed by atoms with Crippen molar-refractivity contribution in [2.75, 3.05) is 18.5 Å². The first-order valence-corrected chi connectivity index (χ1v) is 5.56. The number of nitrogens with zero attached hydrogens (tertiary/aromatic N) is 2. The number of aryl methyl sites for hydroxylation is 1. The van der Waals surface area contributed by atoms with Gasteiger partial charge in [-0.2, -0.15) is 0 Å². The molecule has 0 spiro atoms. The van der Waals surface area contributed by atoms with Gasteiger partial charge in [-0.3, -0.25) is 10.1 Å². The Morgan fingerprint density at radius 3 is 2.71 bits per heavy atom. The number of para-hydroxylation sites is 1. The highest BCUT2D eigenvalue weighted by Crippen LogP contribution is 2.30. The maximum absolute atomic E-state index is 11.0. The minimum Gasteiger partial charge on any atom is -0.393 e. The van der Waals surface area contributed by atoms with Crippen LogP contribution in [0.25, 0.3) is 0 Å². The summed E-state index contributed by atoms with van der Waals surface area (Å²) in [7, 11) is 1.80. The summed E-state index contributed by atoms with van der Waals surface area (Å²) in [6.07, 6.45) is 0.183. The van der Waals surface area contributed by atoms with Crippen LogP contribution in [0.15, 0.2) is 18.2 Å². The molecule has 1 N–H and O–H groups in total.